The number of rotatable bonds is 6. The van der Waals surface area contributed by atoms with Crippen molar-refractivity contribution in [2.24, 2.45) is 0 Å². The average molecular weight is 285 g/mol. The molecule has 102 valence electrons. The molecule has 0 unspecified atom stereocenters. The van der Waals surface area contributed by atoms with Gasteiger partial charge in [-0.3, -0.25) is 4.68 Å². The van der Waals surface area contributed by atoms with Gasteiger partial charge in [-0.1, -0.05) is 30.3 Å². The third-order valence-corrected chi connectivity index (χ3v) is 3.78. The van der Waals surface area contributed by atoms with Crippen molar-refractivity contribution >= 4 is 11.8 Å². The first-order valence-corrected chi connectivity index (χ1v) is 7.62. The van der Waals surface area contributed by atoms with E-state index < -0.39 is 0 Å². The highest BCUT2D eigenvalue weighted by atomic mass is 32.2. The zero-order valence-corrected chi connectivity index (χ0v) is 11.8. The van der Waals surface area contributed by atoms with E-state index in [-0.39, 0.29) is 0 Å². The van der Waals surface area contributed by atoms with Crippen LogP contribution in [0.4, 0.5) is 0 Å². The van der Waals surface area contributed by atoms with Crippen molar-refractivity contribution in [3.05, 3.63) is 60.9 Å². The molecule has 3 aromatic rings. The predicted octanol–water partition coefficient (Wildman–Crippen LogP) is 3.47. The van der Waals surface area contributed by atoms with E-state index in [0.29, 0.717) is 0 Å². The maximum absolute atomic E-state index is 5.75. The van der Waals surface area contributed by atoms with E-state index in [1.54, 1.807) is 24.2 Å². The van der Waals surface area contributed by atoms with Crippen LogP contribution in [0.5, 0.6) is 0 Å². The quantitative estimate of drug-likeness (QED) is 0.650. The highest BCUT2D eigenvalue weighted by Crippen LogP contribution is 2.21. The van der Waals surface area contributed by atoms with Crippen LogP contribution < -0.4 is 0 Å². The maximum atomic E-state index is 5.75. The summed E-state index contributed by atoms with van der Waals surface area (Å²) >= 11 is 1.80. The van der Waals surface area contributed by atoms with Gasteiger partial charge in [0.05, 0.1) is 11.9 Å². The highest BCUT2D eigenvalue weighted by Gasteiger charge is 2.05. The van der Waals surface area contributed by atoms with Gasteiger partial charge in [0.15, 0.2) is 5.76 Å². The minimum Gasteiger partial charge on any atom is -0.440 e. The van der Waals surface area contributed by atoms with Gasteiger partial charge < -0.3 is 4.42 Å². The molecule has 0 spiro atoms. The summed E-state index contributed by atoms with van der Waals surface area (Å²) in [5.41, 5.74) is 1.06. The third kappa shape index (κ3) is 3.30. The first-order valence-electron chi connectivity index (χ1n) is 6.47. The van der Waals surface area contributed by atoms with Gasteiger partial charge in [-0.15, -0.1) is 0 Å². The topological polar surface area (TPSA) is 43.9 Å². The Hall–Kier alpha value is -2.01. The van der Waals surface area contributed by atoms with Gasteiger partial charge in [-0.25, -0.2) is 4.98 Å². The zero-order chi connectivity index (χ0) is 13.6. The number of thioether (sulfide) groups is 1. The molecular formula is C15H15N3OS. The fourth-order valence-corrected chi connectivity index (χ4v) is 2.63. The molecule has 0 amide bonds. The molecule has 0 aliphatic carbocycles. The summed E-state index contributed by atoms with van der Waals surface area (Å²) in [7, 11) is 0. The van der Waals surface area contributed by atoms with Gasteiger partial charge in [0.2, 0.25) is 5.89 Å². The van der Waals surface area contributed by atoms with Crippen molar-refractivity contribution in [1.29, 1.82) is 0 Å². The molecule has 4 nitrogen and oxygen atoms in total. The van der Waals surface area contributed by atoms with Crippen LogP contribution in [0.25, 0.3) is 11.3 Å². The highest BCUT2D eigenvalue weighted by molar-refractivity contribution is 7.98. The van der Waals surface area contributed by atoms with Crippen LogP contribution in [0.1, 0.15) is 5.89 Å². The van der Waals surface area contributed by atoms with E-state index in [1.165, 1.54) is 0 Å². The Morgan fingerprint density at radius 3 is 2.85 bits per heavy atom. The monoisotopic (exact) mass is 285 g/mol. The van der Waals surface area contributed by atoms with Crippen LogP contribution in [-0.2, 0) is 12.3 Å². The fraction of sp³-hybridized carbons (Fsp3) is 0.200. The van der Waals surface area contributed by atoms with E-state index >= 15 is 0 Å². The molecule has 2 aromatic heterocycles. The molecule has 0 bridgehead atoms. The molecule has 2 heterocycles. The molecule has 3 rings (SSSR count). The summed E-state index contributed by atoms with van der Waals surface area (Å²) in [6.45, 7) is 0.907. The summed E-state index contributed by atoms with van der Waals surface area (Å²) < 4.78 is 7.68. The van der Waals surface area contributed by atoms with E-state index in [1.807, 2.05) is 47.3 Å². The maximum Gasteiger partial charge on any atom is 0.204 e. The Kier molecular flexibility index (Phi) is 4.18. The zero-order valence-electron chi connectivity index (χ0n) is 11.0. The van der Waals surface area contributed by atoms with Crippen molar-refractivity contribution in [3.8, 4) is 11.3 Å². The van der Waals surface area contributed by atoms with Crippen molar-refractivity contribution in [3.63, 3.8) is 0 Å². The second-order valence-electron chi connectivity index (χ2n) is 4.31. The number of oxazole rings is 1. The van der Waals surface area contributed by atoms with Crippen molar-refractivity contribution in [1.82, 2.24) is 14.8 Å². The molecule has 20 heavy (non-hydrogen) atoms. The fourth-order valence-electron chi connectivity index (χ4n) is 1.86. The standard InChI is InChI=1S/C15H15N3OS/c1-2-5-13(6-3-1)14-11-16-15(19-14)12-20-10-9-18-8-4-7-17-18/h1-8,11H,9-10,12H2. The van der Waals surface area contributed by atoms with Crippen LogP contribution in [0.15, 0.2) is 59.4 Å². The van der Waals surface area contributed by atoms with E-state index in [0.717, 1.165) is 35.3 Å². The number of hydrogen-bond acceptors (Lipinski definition) is 4. The smallest absolute Gasteiger partial charge is 0.204 e. The predicted molar refractivity (Wildman–Crippen MR) is 80.3 cm³/mol. The summed E-state index contributed by atoms with van der Waals surface area (Å²) in [4.78, 5) is 4.32. The van der Waals surface area contributed by atoms with Crippen LogP contribution in [0.3, 0.4) is 0 Å². The molecule has 0 radical (unpaired) electrons. The van der Waals surface area contributed by atoms with Gasteiger partial charge in [0, 0.05) is 30.3 Å². The van der Waals surface area contributed by atoms with Crippen molar-refractivity contribution < 1.29 is 4.42 Å². The van der Waals surface area contributed by atoms with Gasteiger partial charge in [0.25, 0.3) is 0 Å². The Bertz CT molecular complexity index is 634. The molecule has 0 N–H and O–H groups in total. The summed E-state index contributed by atoms with van der Waals surface area (Å²) in [5, 5.41) is 4.17. The van der Waals surface area contributed by atoms with E-state index in [4.69, 9.17) is 4.42 Å². The second kappa shape index (κ2) is 6.43. The minimum atomic E-state index is 0.773. The Balaban J connectivity index is 1.50. The number of aryl methyl sites for hydroxylation is 1. The van der Waals surface area contributed by atoms with Crippen molar-refractivity contribution in [2.45, 2.75) is 12.3 Å². The van der Waals surface area contributed by atoms with Gasteiger partial charge >= 0.3 is 0 Å². The Morgan fingerprint density at radius 1 is 1.15 bits per heavy atom. The molecular weight excluding hydrogens is 270 g/mol. The molecule has 0 aliphatic rings. The first kappa shape index (κ1) is 13.0. The Labute approximate surface area is 121 Å². The molecule has 0 fully saturated rings. The largest absolute Gasteiger partial charge is 0.440 e. The normalized spacial score (nSPS) is 10.8. The van der Waals surface area contributed by atoms with Crippen molar-refractivity contribution in [2.75, 3.05) is 5.75 Å². The van der Waals surface area contributed by atoms with Crippen LogP contribution in [0.2, 0.25) is 0 Å². The number of nitrogens with zero attached hydrogens (tertiary/aromatic N) is 3. The summed E-state index contributed by atoms with van der Waals surface area (Å²) in [6.07, 6.45) is 5.56. The second-order valence-corrected chi connectivity index (χ2v) is 5.41. The van der Waals surface area contributed by atoms with Gasteiger partial charge in [-0.05, 0) is 6.07 Å². The van der Waals surface area contributed by atoms with Crippen LogP contribution in [0, 0.1) is 0 Å². The Morgan fingerprint density at radius 2 is 2.05 bits per heavy atom. The lowest BCUT2D eigenvalue weighted by molar-refractivity contribution is 0.530. The van der Waals surface area contributed by atoms with E-state index in [9.17, 15) is 0 Å². The SMILES string of the molecule is c1ccc(-c2cnc(CSCCn3cccn3)o2)cc1. The lowest BCUT2D eigenvalue weighted by Crippen LogP contribution is -2.00. The molecule has 0 saturated heterocycles. The third-order valence-electron chi connectivity index (χ3n) is 2.86. The number of aromatic nitrogens is 3. The van der Waals surface area contributed by atoms with Gasteiger partial charge in [-0.2, -0.15) is 16.9 Å². The lowest BCUT2D eigenvalue weighted by atomic mass is 10.2. The molecule has 5 heteroatoms. The van der Waals surface area contributed by atoms with E-state index in [2.05, 4.69) is 10.1 Å². The lowest BCUT2D eigenvalue weighted by Gasteiger charge is -2.00. The van der Waals surface area contributed by atoms with Crippen LogP contribution >= 0.6 is 11.8 Å². The van der Waals surface area contributed by atoms with Gasteiger partial charge in [0.1, 0.15) is 0 Å². The molecule has 0 atom stereocenters. The average Bonchev–Trinajstić information content (AvgIpc) is 3.16. The number of benzene rings is 1. The summed E-state index contributed by atoms with van der Waals surface area (Å²) in [6, 6.07) is 12.0. The summed E-state index contributed by atoms with van der Waals surface area (Å²) in [5.74, 6) is 3.38. The molecule has 1 aromatic carbocycles. The van der Waals surface area contributed by atoms with Crippen LogP contribution in [-0.4, -0.2) is 20.5 Å². The number of hydrogen-bond donors (Lipinski definition) is 0. The molecule has 0 aliphatic heterocycles. The minimum absolute atomic E-state index is 0.773. The molecule has 0 saturated carbocycles. The first-order chi connectivity index (χ1) is 9.92.